The molecule has 0 spiro atoms. The molecule has 2 aromatic carbocycles. The predicted octanol–water partition coefficient (Wildman–Crippen LogP) is 3.25. The smallest absolute Gasteiger partial charge is 0.321 e. The third kappa shape index (κ3) is 4.83. The number of carbonyl (C=O) groups excluding carboxylic acids is 2. The molecule has 1 fully saturated rings. The zero-order valence-corrected chi connectivity index (χ0v) is 14.2. The van der Waals surface area contributed by atoms with Crippen LogP contribution in [0.15, 0.2) is 60.7 Å². The molecular weight excluding hydrogens is 314 g/mol. The number of para-hydroxylation sites is 1. The van der Waals surface area contributed by atoms with Gasteiger partial charge in [-0.2, -0.15) is 0 Å². The van der Waals surface area contributed by atoms with Crippen LogP contribution in [-0.2, 0) is 11.3 Å². The van der Waals surface area contributed by atoms with Crippen LogP contribution in [0.5, 0.6) is 0 Å². The van der Waals surface area contributed by atoms with Crippen LogP contribution in [0.25, 0.3) is 0 Å². The maximum Gasteiger partial charge on any atom is 0.321 e. The first-order valence-electron chi connectivity index (χ1n) is 8.65. The lowest BCUT2D eigenvalue weighted by Gasteiger charge is -2.32. The third-order valence-corrected chi connectivity index (χ3v) is 4.41. The third-order valence-electron chi connectivity index (χ3n) is 4.41. The van der Waals surface area contributed by atoms with Crippen molar-refractivity contribution in [3.05, 3.63) is 66.2 Å². The zero-order chi connectivity index (χ0) is 17.5. The van der Waals surface area contributed by atoms with E-state index in [2.05, 4.69) is 10.6 Å². The Morgan fingerprint density at radius 2 is 1.68 bits per heavy atom. The predicted molar refractivity (Wildman–Crippen MR) is 98.0 cm³/mol. The standard InChI is InChI=1S/C20H23N3O2/c24-19(21-14-16-8-3-1-4-9-16)17-10-7-13-23(15-17)20(25)22-18-11-5-2-6-12-18/h1-6,8-9,11-12,17H,7,10,13-15H2,(H,21,24)(H,22,25)/t17-/m1/s1. The molecule has 3 rings (SSSR count). The molecule has 5 heteroatoms. The Hall–Kier alpha value is -2.82. The van der Waals surface area contributed by atoms with Gasteiger partial charge in [-0.15, -0.1) is 0 Å². The monoisotopic (exact) mass is 337 g/mol. The van der Waals surface area contributed by atoms with Gasteiger partial charge in [0.1, 0.15) is 0 Å². The number of hydrogen-bond donors (Lipinski definition) is 2. The Kier molecular flexibility index (Phi) is 5.67. The van der Waals surface area contributed by atoms with Crippen LogP contribution in [0.1, 0.15) is 18.4 Å². The van der Waals surface area contributed by atoms with Gasteiger partial charge in [0, 0.05) is 25.3 Å². The van der Waals surface area contributed by atoms with Crippen molar-refractivity contribution in [2.45, 2.75) is 19.4 Å². The van der Waals surface area contributed by atoms with Crippen molar-refractivity contribution in [1.82, 2.24) is 10.2 Å². The van der Waals surface area contributed by atoms with E-state index >= 15 is 0 Å². The molecule has 2 N–H and O–H groups in total. The fraction of sp³-hybridized carbons (Fsp3) is 0.300. The molecule has 1 saturated heterocycles. The lowest BCUT2D eigenvalue weighted by molar-refractivity contribution is -0.126. The van der Waals surface area contributed by atoms with Crippen LogP contribution in [0.3, 0.4) is 0 Å². The van der Waals surface area contributed by atoms with Gasteiger partial charge < -0.3 is 15.5 Å². The Bertz CT molecular complexity index is 703. The van der Waals surface area contributed by atoms with E-state index in [4.69, 9.17) is 0 Å². The van der Waals surface area contributed by atoms with Crippen molar-refractivity contribution in [2.75, 3.05) is 18.4 Å². The fourth-order valence-electron chi connectivity index (χ4n) is 3.03. The number of benzene rings is 2. The molecule has 5 nitrogen and oxygen atoms in total. The maximum atomic E-state index is 12.4. The number of nitrogens with zero attached hydrogens (tertiary/aromatic N) is 1. The summed E-state index contributed by atoms with van der Waals surface area (Å²) in [7, 11) is 0. The number of urea groups is 1. The van der Waals surface area contributed by atoms with Gasteiger partial charge in [0.2, 0.25) is 5.91 Å². The second-order valence-corrected chi connectivity index (χ2v) is 6.28. The second-order valence-electron chi connectivity index (χ2n) is 6.28. The molecule has 0 radical (unpaired) electrons. The van der Waals surface area contributed by atoms with Crippen LogP contribution < -0.4 is 10.6 Å². The summed E-state index contributed by atoms with van der Waals surface area (Å²) in [5.41, 5.74) is 1.84. The molecule has 2 aromatic rings. The summed E-state index contributed by atoms with van der Waals surface area (Å²) in [4.78, 5) is 26.6. The molecule has 0 aliphatic carbocycles. The van der Waals surface area contributed by atoms with Crippen LogP contribution in [0.4, 0.5) is 10.5 Å². The Morgan fingerprint density at radius 3 is 2.40 bits per heavy atom. The number of rotatable bonds is 4. The molecule has 1 atom stereocenters. The fourth-order valence-corrected chi connectivity index (χ4v) is 3.03. The highest BCUT2D eigenvalue weighted by Crippen LogP contribution is 2.18. The number of anilines is 1. The van der Waals surface area contributed by atoms with Crippen molar-refractivity contribution in [3.63, 3.8) is 0 Å². The normalized spacial score (nSPS) is 17.0. The molecular formula is C20H23N3O2. The number of nitrogens with one attached hydrogen (secondary N) is 2. The van der Waals surface area contributed by atoms with E-state index in [0.717, 1.165) is 24.1 Å². The van der Waals surface area contributed by atoms with E-state index in [-0.39, 0.29) is 17.9 Å². The highest BCUT2D eigenvalue weighted by molar-refractivity contribution is 5.90. The Labute approximate surface area is 148 Å². The van der Waals surface area contributed by atoms with Crippen LogP contribution in [-0.4, -0.2) is 29.9 Å². The van der Waals surface area contributed by atoms with Crippen molar-refractivity contribution >= 4 is 17.6 Å². The summed E-state index contributed by atoms with van der Waals surface area (Å²) in [6.45, 7) is 1.66. The lowest BCUT2D eigenvalue weighted by Crippen LogP contribution is -2.46. The van der Waals surface area contributed by atoms with E-state index in [1.54, 1.807) is 4.90 Å². The van der Waals surface area contributed by atoms with Gasteiger partial charge in [-0.25, -0.2) is 4.79 Å². The van der Waals surface area contributed by atoms with E-state index in [9.17, 15) is 9.59 Å². The molecule has 0 bridgehead atoms. The van der Waals surface area contributed by atoms with E-state index in [1.165, 1.54) is 0 Å². The van der Waals surface area contributed by atoms with Gasteiger partial charge in [-0.3, -0.25) is 4.79 Å². The van der Waals surface area contributed by atoms with Crippen molar-refractivity contribution in [2.24, 2.45) is 5.92 Å². The van der Waals surface area contributed by atoms with E-state index < -0.39 is 0 Å². The largest absolute Gasteiger partial charge is 0.352 e. The summed E-state index contributed by atoms with van der Waals surface area (Å²) in [6.07, 6.45) is 1.65. The topological polar surface area (TPSA) is 61.4 Å². The molecule has 3 amide bonds. The molecule has 1 aliphatic heterocycles. The van der Waals surface area contributed by atoms with Gasteiger partial charge in [0.25, 0.3) is 0 Å². The van der Waals surface area contributed by atoms with Gasteiger partial charge in [0.15, 0.2) is 0 Å². The van der Waals surface area contributed by atoms with Crippen LogP contribution >= 0.6 is 0 Å². The van der Waals surface area contributed by atoms with E-state index in [0.29, 0.717) is 19.6 Å². The van der Waals surface area contributed by atoms with Crippen molar-refractivity contribution in [3.8, 4) is 0 Å². The number of carbonyl (C=O) groups is 2. The summed E-state index contributed by atoms with van der Waals surface area (Å²) in [6, 6.07) is 19.1. The highest BCUT2D eigenvalue weighted by atomic mass is 16.2. The molecule has 0 aromatic heterocycles. The van der Waals surface area contributed by atoms with Crippen LogP contribution in [0.2, 0.25) is 0 Å². The lowest BCUT2D eigenvalue weighted by atomic mass is 9.97. The number of likely N-dealkylation sites (tertiary alicyclic amines) is 1. The molecule has 130 valence electrons. The number of hydrogen-bond acceptors (Lipinski definition) is 2. The molecule has 0 saturated carbocycles. The molecule has 1 aliphatic rings. The highest BCUT2D eigenvalue weighted by Gasteiger charge is 2.28. The van der Waals surface area contributed by atoms with Gasteiger partial charge in [0.05, 0.1) is 5.92 Å². The van der Waals surface area contributed by atoms with E-state index in [1.807, 2.05) is 60.7 Å². The average molecular weight is 337 g/mol. The summed E-state index contributed by atoms with van der Waals surface area (Å²) in [5.74, 6) is -0.139. The van der Waals surface area contributed by atoms with Gasteiger partial charge >= 0.3 is 6.03 Å². The minimum Gasteiger partial charge on any atom is -0.352 e. The summed E-state index contributed by atoms with van der Waals surface area (Å²) in [5, 5.41) is 5.86. The summed E-state index contributed by atoms with van der Waals surface area (Å²) < 4.78 is 0. The van der Waals surface area contributed by atoms with Crippen LogP contribution in [0, 0.1) is 5.92 Å². The zero-order valence-electron chi connectivity index (χ0n) is 14.2. The second kappa shape index (κ2) is 8.33. The van der Waals surface area contributed by atoms with Gasteiger partial charge in [-0.1, -0.05) is 48.5 Å². The Balaban J connectivity index is 1.51. The number of amides is 3. The molecule has 25 heavy (non-hydrogen) atoms. The first kappa shape index (κ1) is 17.0. The maximum absolute atomic E-state index is 12.4. The van der Waals surface area contributed by atoms with Gasteiger partial charge in [-0.05, 0) is 30.5 Å². The Morgan fingerprint density at radius 1 is 1.00 bits per heavy atom. The first-order valence-corrected chi connectivity index (χ1v) is 8.65. The minimum atomic E-state index is -0.154. The molecule has 1 heterocycles. The first-order chi connectivity index (χ1) is 12.2. The quantitative estimate of drug-likeness (QED) is 0.900. The molecule has 0 unspecified atom stereocenters. The summed E-state index contributed by atoms with van der Waals surface area (Å²) >= 11 is 0. The average Bonchev–Trinajstić information content (AvgIpc) is 2.68. The number of piperidine rings is 1. The van der Waals surface area contributed by atoms with Crippen molar-refractivity contribution in [1.29, 1.82) is 0 Å². The SMILES string of the molecule is O=C(NCc1ccccc1)[C@@H]1CCCN(C(=O)Nc2ccccc2)C1. The minimum absolute atomic E-state index is 0.0149. The van der Waals surface area contributed by atoms with Crippen molar-refractivity contribution < 1.29 is 9.59 Å².